The van der Waals surface area contributed by atoms with Crippen LogP contribution in [0.25, 0.3) is 22.8 Å². The SMILES string of the molecule is Cc1cc(C#N)ccc1-c1nc(-c2cccc(Br)c2)no1. The van der Waals surface area contributed by atoms with Gasteiger partial charge < -0.3 is 4.52 Å². The third-order valence-electron chi connectivity index (χ3n) is 3.09. The van der Waals surface area contributed by atoms with Gasteiger partial charge in [0.25, 0.3) is 5.89 Å². The molecule has 0 amide bonds. The Morgan fingerprint density at radius 2 is 2.05 bits per heavy atom. The fraction of sp³-hybridized carbons (Fsp3) is 0.0625. The maximum absolute atomic E-state index is 8.90. The van der Waals surface area contributed by atoms with Crippen LogP contribution in [-0.2, 0) is 0 Å². The van der Waals surface area contributed by atoms with Crippen molar-refractivity contribution in [1.82, 2.24) is 10.1 Å². The van der Waals surface area contributed by atoms with Gasteiger partial charge in [0.2, 0.25) is 5.82 Å². The smallest absolute Gasteiger partial charge is 0.258 e. The van der Waals surface area contributed by atoms with Gasteiger partial charge in [-0.05, 0) is 42.8 Å². The molecule has 2 aromatic carbocycles. The summed E-state index contributed by atoms with van der Waals surface area (Å²) in [5, 5.41) is 12.9. The van der Waals surface area contributed by atoms with Crippen LogP contribution in [0.5, 0.6) is 0 Å². The largest absolute Gasteiger partial charge is 0.334 e. The average molecular weight is 340 g/mol. The van der Waals surface area contributed by atoms with E-state index >= 15 is 0 Å². The molecule has 3 rings (SSSR count). The van der Waals surface area contributed by atoms with Crippen LogP contribution < -0.4 is 0 Å². The molecule has 0 N–H and O–H groups in total. The van der Waals surface area contributed by atoms with E-state index in [1.54, 1.807) is 12.1 Å². The predicted molar refractivity (Wildman–Crippen MR) is 82.3 cm³/mol. The maximum Gasteiger partial charge on any atom is 0.258 e. The molecule has 0 aliphatic rings. The van der Waals surface area contributed by atoms with Gasteiger partial charge in [-0.15, -0.1) is 0 Å². The highest BCUT2D eigenvalue weighted by atomic mass is 79.9. The zero-order valence-corrected chi connectivity index (χ0v) is 12.8. The molecule has 1 aromatic heterocycles. The van der Waals surface area contributed by atoms with Crippen molar-refractivity contribution >= 4 is 15.9 Å². The van der Waals surface area contributed by atoms with E-state index in [-0.39, 0.29) is 0 Å². The molecule has 0 aliphatic heterocycles. The molecular weight excluding hydrogens is 330 g/mol. The second-order valence-electron chi connectivity index (χ2n) is 4.57. The second kappa shape index (κ2) is 5.51. The summed E-state index contributed by atoms with van der Waals surface area (Å²) in [4.78, 5) is 4.43. The first-order valence-corrected chi connectivity index (χ1v) is 7.07. The van der Waals surface area contributed by atoms with Crippen LogP contribution in [0, 0.1) is 18.3 Å². The summed E-state index contributed by atoms with van der Waals surface area (Å²) in [6.45, 7) is 1.92. The standard InChI is InChI=1S/C16H10BrN3O/c1-10-7-11(9-18)5-6-14(10)16-19-15(20-21-16)12-3-2-4-13(17)8-12/h2-8H,1H3. The summed E-state index contributed by atoms with van der Waals surface area (Å²) in [5.74, 6) is 0.988. The molecule has 0 aliphatic carbocycles. The van der Waals surface area contributed by atoms with E-state index in [9.17, 15) is 0 Å². The normalized spacial score (nSPS) is 10.3. The van der Waals surface area contributed by atoms with E-state index in [4.69, 9.17) is 9.78 Å². The van der Waals surface area contributed by atoms with Gasteiger partial charge in [0.05, 0.1) is 11.6 Å². The van der Waals surface area contributed by atoms with Crippen LogP contribution in [-0.4, -0.2) is 10.1 Å². The number of rotatable bonds is 2. The number of benzene rings is 2. The Bertz CT molecular complexity index is 849. The summed E-state index contributed by atoms with van der Waals surface area (Å²) in [5.41, 5.74) is 3.26. The number of hydrogen-bond donors (Lipinski definition) is 0. The number of aryl methyl sites for hydroxylation is 1. The molecule has 5 heteroatoms. The highest BCUT2D eigenvalue weighted by Crippen LogP contribution is 2.26. The van der Waals surface area contributed by atoms with Gasteiger partial charge in [-0.25, -0.2) is 0 Å². The quantitative estimate of drug-likeness (QED) is 0.696. The van der Waals surface area contributed by atoms with Crippen LogP contribution in [0.3, 0.4) is 0 Å². The molecule has 21 heavy (non-hydrogen) atoms. The Balaban J connectivity index is 2.01. The Morgan fingerprint density at radius 3 is 2.76 bits per heavy atom. The summed E-state index contributed by atoms with van der Waals surface area (Å²) in [6.07, 6.45) is 0. The van der Waals surface area contributed by atoms with Gasteiger partial charge in [-0.3, -0.25) is 0 Å². The van der Waals surface area contributed by atoms with Crippen molar-refractivity contribution in [3.63, 3.8) is 0 Å². The Labute approximate surface area is 130 Å². The third-order valence-corrected chi connectivity index (χ3v) is 3.59. The lowest BCUT2D eigenvalue weighted by atomic mass is 10.1. The van der Waals surface area contributed by atoms with Crippen molar-refractivity contribution in [2.75, 3.05) is 0 Å². The fourth-order valence-electron chi connectivity index (χ4n) is 2.05. The Kier molecular flexibility index (Phi) is 3.55. The van der Waals surface area contributed by atoms with Crippen LogP contribution in [0.1, 0.15) is 11.1 Å². The van der Waals surface area contributed by atoms with Crippen LogP contribution in [0.2, 0.25) is 0 Å². The van der Waals surface area contributed by atoms with Gasteiger partial charge in [0.1, 0.15) is 0 Å². The number of aromatic nitrogens is 2. The molecule has 4 nitrogen and oxygen atoms in total. The lowest BCUT2D eigenvalue weighted by Crippen LogP contribution is -1.86. The molecule has 1 heterocycles. The Morgan fingerprint density at radius 1 is 1.19 bits per heavy atom. The maximum atomic E-state index is 8.90. The van der Waals surface area contributed by atoms with Crippen molar-refractivity contribution in [2.45, 2.75) is 6.92 Å². The molecule has 0 radical (unpaired) electrons. The summed E-state index contributed by atoms with van der Waals surface area (Å²) in [6, 6.07) is 15.2. The molecule has 0 atom stereocenters. The minimum Gasteiger partial charge on any atom is -0.334 e. The monoisotopic (exact) mass is 339 g/mol. The average Bonchev–Trinajstić information content (AvgIpc) is 2.96. The first kappa shape index (κ1) is 13.5. The first-order chi connectivity index (χ1) is 10.2. The molecule has 102 valence electrons. The van der Waals surface area contributed by atoms with Crippen molar-refractivity contribution < 1.29 is 4.52 Å². The van der Waals surface area contributed by atoms with Crippen molar-refractivity contribution in [3.05, 3.63) is 58.1 Å². The van der Waals surface area contributed by atoms with Gasteiger partial charge in [0, 0.05) is 15.6 Å². The van der Waals surface area contributed by atoms with E-state index in [1.165, 1.54) is 0 Å². The van der Waals surface area contributed by atoms with E-state index in [0.29, 0.717) is 17.3 Å². The van der Waals surface area contributed by atoms with Gasteiger partial charge in [0.15, 0.2) is 0 Å². The molecule has 0 unspecified atom stereocenters. The van der Waals surface area contributed by atoms with E-state index in [2.05, 4.69) is 32.1 Å². The minimum atomic E-state index is 0.451. The van der Waals surface area contributed by atoms with Crippen molar-refractivity contribution in [1.29, 1.82) is 5.26 Å². The number of nitrogens with zero attached hydrogens (tertiary/aromatic N) is 3. The van der Waals surface area contributed by atoms with Crippen LogP contribution in [0.15, 0.2) is 51.5 Å². The highest BCUT2D eigenvalue weighted by Gasteiger charge is 2.13. The van der Waals surface area contributed by atoms with E-state index in [0.717, 1.165) is 21.2 Å². The van der Waals surface area contributed by atoms with Crippen molar-refractivity contribution in [2.24, 2.45) is 0 Å². The summed E-state index contributed by atoms with van der Waals surface area (Å²) in [7, 11) is 0. The summed E-state index contributed by atoms with van der Waals surface area (Å²) >= 11 is 3.42. The topological polar surface area (TPSA) is 62.7 Å². The number of halogens is 1. The third kappa shape index (κ3) is 2.71. The molecule has 3 aromatic rings. The minimum absolute atomic E-state index is 0.451. The van der Waals surface area contributed by atoms with E-state index < -0.39 is 0 Å². The summed E-state index contributed by atoms with van der Waals surface area (Å²) < 4.78 is 6.30. The van der Waals surface area contributed by atoms with Crippen LogP contribution in [0.4, 0.5) is 0 Å². The molecule has 0 saturated heterocycles. The lowest BCUT2D eigenvalue weighted by Gasteiger charge is -2.00. The Hall–Kier alpha value is -2.45. The molecule has 0 spiro atoms. The van der Waals surface area contributed by atoms with Crippen molar-refractivity contribution in [3.8, 4) is 28.9 Å². The first-order valence-electron chi connectivity index (χ1n) is 6.28. The predicted octanol–water partition coefficient (Wildman–Crippen LogP) is 4.35. The second-order valence-corrected chi connectivity index (χ2v) is 5.49. The van der Waals surface area contributed by atoms with E-state index in [1.807, 2.05) is 37.3 Å². The zero-order chi connectivity index (χ0) is 14.8. The van der Waals surface area contributed by atoms with Crippen LogP contribution >= 0.6 is 15.9 Å². The fourth-order valence-corrected chi connectivity index (χ4v) is 2.45. The van der Waals surface area contributed by atoms with Gasteiger partial charge >= 0.3 is 0 Å². The number of nitriles is 1. The molecule has 0 fully saturated rings. The lowest BCUT2D eigenvalue weighted by molar-refractivity contribution is 0.432. The molecule has 0 bridgehead atoms. The molecule has 0 saturated carbocycles. The molecular formula is C16H10BrN3O. The zero-order valence-electron chi connectivity index (χ0n) is 11.2. The highest BCUT2D eigenvalue weighted by molar-refractivity contribution is 9.10. The van der Waals surface area contributed by atoms with Gasteiger partial charge in [-0.1, -0.05) is 33.2 Å². The van der Waals surface area contributed by atoms with Gasteiger partial charge in [-0.2, -0.15) is 10.2 Å². The number of hydrogen-bond acceptors (Lipinski definition) is 4.